The van der Waals surface area contributed by atoms with Crippen LogP contribution in [-0.2, 0) is 31.3 Å². The summed E-state index contributed by atoms with van der Waals surface area (Å²) in [6, 6.07) is 2.93. The Morgan fingerprint density at radius 2 is 1.90 bits per heavy atom. The van der Waals surface area contributed by atoms with E-state index < -0.39 is 25.3 Å². The highest BCUT2D eigenvalue weighted by Crippen LogP contribution is 2.21. The van der Waals surface area contributed by atoms with Crippen molar-refractivity contribution in [2.45, 2.75) is 28.8 Å². The Morgan fingerprint density at radius 1 is 1.25 bits per heavy atom. The summed E-state index contributed by atoms with van der Waals surface area (Å²) in [5.41, 5.74) is 0. The lowest BCUT2D eigenvalue weighted by Gasteiger charge is -2.22. The summed E-state index contributed by atoms with van der Waals surface area (Å²) >= 11 is 0.963. The number of rotatable bonds is 5. The predicted octanol–water partition coefficient (Wildman–Crippen LogP) is -0.00610. The van der Waals surface area contributed by atoms with Crippen LogP contribution in [0.3, 0.4) is 0 Å². The summed E-state index contributed by atoms with van der Waals surface area (Å²) in [6.45, 7) is 0.958. The molecule has 0 unspecified atom stereocenters. The van der Waals surface area contributed by atoms with Gasteiger partial charge in [0.1, 0.15) is 4.21 Å². The number of nitrogens with two attached hydrogens (primary N) is 1. The van der Waals surface area contributed by atoms with E-state index in [0.29, 0.717) is 30.9 Å². The van der Waals surface area contributed by atoms with Crippen molar-refractivity contribution in [2.75, 3.05) is 13.2 Å². The van der Waals surface area contributed by atoms with Crippen molar-refractivity contribution in [3.8, 4) is 0 Å². The molecule has 0 atom stereocenters. The first-order chi connectivity index (χ1) is 9.29. The maximum Gasteiger partial charge on any atom is 0.247 e. The minimum Gasteiger partial charge on any atom is -0.381 e. The maximum atomic E-state index is 12.1. The Hall–Kier alpha value is -0.520. The Labute approximate surface area is 122 Å². The van der Waals surface area contributed by atoms with Crippen molar-refractivity contribution in [3.05, 3.63) is 17.0 Å². The van der Waals surface area contributed by atoms with Gasteiger partial charge in [-0.2, -0.15) is 0 Å². The molecule has 0 aliphatic carbocycles. The zero-order valence-corrected chi connectivity index (χ0v) is 13.1. The van der Waals surface area contributed by atoms with Crippen molar-refractivity contribution >= 4 is 31.4 Å². The van der Waals surface area contributed by atoms with Gasteiger partial charge in [0, 0.05) is 24.6 Å². The van der Waals surface area contributed by atoms with Crippen LogP contribution in [0.4, 0.5) is 0 Å². The van der Waals surface area contributed by atoms with E-state index in [4.69, 9.17) is 9.88 Å². The second-order valence-corrected chi connectivity index (χ2v) is 9.45. The molecule has 1 aromatic heterocycles. The second kappa shape index (κ2) is 6.08. The lowest BCUT2D eigenvalue weighted by molar-refractivity contribution is 0.0981. The standard InChI is InChI=1S/C10H16N2O5S3/c11-19(13,14)10-2-1-8(18-10)7-12-20(15,16)9-3-5-17-6-4-9/h1-2,9,12H,3-7H2,(H2,11,13,14). The summed E-state index contributed by atoms with van der Waals surface area (Å²) in [7, 11) is -7.14. The third-order valence-corrected chi connectivity index (χ3v) is 7.39. The molecule has 1 aromatic rings. The second-order valence-electron chi connectivity index (χ2n) is 4.44. The van der Waals surface area contributed by atoms with E-state index in [1.165, 1.54) is 6.07 Å². The third kappa shape index (κ3) is 3.99. The molecule has 1 saturated heterocycles. The number of ether oxygens (including phenoxy) is 1. The quantitative estimate of drug-likeness (QED) is 0.782. The highest BCUT2D eigenvalue weighted by Gasteiger charge is 2.27. The third-order valence-electron chi connectivity index (χ3n) is 2.97. The van der Waals surface area contributed by atoms with Gasteiger partial charge in [0.25, 0.3) is 0 Å². The molecule has 20 heavy (non-hydrogen) atoms. The van der Waals surface area contributed by atoms with Crippen molar-refractivity contribution < 1.29 is 21.6 Å². The molecule has 0 amide bonds. The topological polar surface area (TPSA) is 116 Å². The highest BCUT2D eigenvalue weighted by atomic mass is 32.2. The molecule has 3 N–H and O–H groups in total. The van der Waals surface area contributed by atoms with Crippen LogP contribution < -0.4 is 9.86 Å². The van der Waals surface area contributed by atoms with E-state index in [1.54, 1.807) is 6.07 Å². The summed E-state index contributed by atoms with van der Waals surface area (Å²) < 4.78 is 54.0. The number of primary sulfonamides is 1. The first-order valence-corrected chi connectivity index (χ1v) is 9.88. The van der Waals surface area contributed by atoms with Crippen molar-refractivity contribution in [1.82, 2.24) is 4.72 Å². The van der Waals surface area contributed by atoms with Gasteiger partial charge in [-0.05, 0) is 25.0 Å². The van der Waals surface area contributed by atoms with Crippen LogP contribution in [0.15, 0.2) is 16.3 Å². The molecule has 0 bridgehead atoms. The lowest BCUT2D eigenvalue weighted by Crippen LogP contribution is -2.37. The summed E-state index contributed by atoms with van der Waals surface area (Å²) in [5, 5.41) is 4.55. The summed E-state index contributed by atoms with van der Waals surface area (Å²) in [4.78, 5) is 0.602. The van der Waals surface area contributed by atoms with Gasteiger partial charge in [-0.15, -0.1) is 11.3 Å². The van der Waals surface area contributed by atoms with Crippen LogP contribution >= 0.6 is 11.3 Å². The first kappa shape index (κ1) is 15.9. The molecule has 2 heterocycles. The minimum atomic E-state index is -3.73. The van der Waals surface area contributed by atoms with Gasteiger partial charge in [0.05, 0.1) is 5.25 Å². The molecular weight excluding hydrogens is 324 g/mol. The molecule has 0 spiro atoms. The summed E-state index contributed by atoms with van der Waals surface area (Å²) in [5.74, 6) is 0. The Balaban J connectivity index is 1.99. The molecule has 0 radical (unpaired) electrons. The minimum absolute atomic E-state index is 0.0257. The first-order valence-electron chi connectivity index (χ1n) is 5.97. The Bertz CT molecular complexity index is 659. The van der Waals surface area contributed by atoms with E-state index in [9.17, 15) is 16.8 Å². The molecule has 0 saturated carbocycles. The van der Waals surface area contributed by atoms with E-state index in [2.05, 4.69) is 4.72 Å². The van der Waals surface area contributed by atoms with E-state index >= 15 is 0 Å². The zero-order valence-electron chi connectivity index (χ0n) is 10.6. The molecule has 1 aliphatic rings. The van der Waals surface area contributed by atoms with Crippen LogP contribution in [-0.4, -0.2) is 35.3 Å². The molecule has 7 nitrogen and oxygen atoms in total. The highest BCUT2D eigenvalue weighted by molar-refractivity contribution is 7.91. The summed E-state index contributed by atoms with van der Waals surface area (Å²) in [6.07, 6.45) is 0.949. The molecule has 2 rings (SSSR count). The SMILES string of the molecule is NS(=O)(=O)c1ccc(CNS(=O)(=O)C2CCOCC2)s1. The number of hydrogen-bond donors (Lipinski definition) is 2. The molecule has 1 fully saturated rings. The van der Waals surface area contributed by atoms with Gasteiger partial charge in [-0.1, -0.05) is 0 Å². The van der Waals surface area contributed by atoms with Crippen LogP contribution in [0.25, 0.3) is 0 Å². The fraction of sp³-hybridized carbons (Fsp3) is 0.600. The largest absolute Gasteiger partial charge is 0.381 e. The van der Waals surface area contributed by atoms with Crippen molar-refractivity contribution in [1.29, 1.82) is 0 Å². The van der Waals surface area contributed by atoms with Gasteiger partial charge >= 0.3 is 0 Å². The smallest absolute Gasteiger partial charge is 0.247 e. The van der Waals surface area contributed by atoms with Crippen molar-refractivity contribution in [3.63, 3.8) is 0 Å². The average molecular weight is 340 g/mol. The van der Waals surface area contributed by atoms with Crippen LogP contribution in [0.1, 0.15) is 17.7 Å². The van der Waals surface area contributed by atoms with E-state index in [-0.39, 0.29) is 10.8 Å². The fourth-order valence-electron chi connectivity index (χ4n) is 1.88. The number of nitrogens with one attached hydrogen (secondary N) is 1. The van der Waals surface area contributed by atoms with Gasteiger partial charge in [0.15, 0.2) is 0 Å². The van der Waals surface area contributed by atoms with Crippen LogP contribution in [0.5, 0.6) is 0 Å². The molecular formula is C10H16N2O5S3. The number of thiophene rings is 1. The molecule has 0 aromatic carbocycles. The average Bonchev–Trinajstić information content (AvgIpc) is 2.86. The molecule has 1 aliphatic heterocycles. The zero-order chi connectivity index (χ0) is 14.8. The van der Waals surface area contributed by atoms with Gasteiger partial charge in [0.2, 0.25) is 20.0 Å². The molecule has 114 valence electrons. The predicted molar refractivity (Wildman–Crippen MR) is 75.3 cm³/mol. The van der Waals surface area contributed by atoms with Crippen LogP contribution in [0.2, 0.25) is 0 Å². The van der Waals surface area contributed by atoms with Gasteiger partial charge in [-0.25, -0.2) is 26.7 Å². The lowest BCUT2D eigenvalue weighted by atomic mass is 10.2. The number of sulfonamides is 2. The molecule has 10 heteroatoms. The van der Waals surface area contributed by atoms with Gasteiger partial charge in [-0.3, -0.25) is 0 Å². The van der Waals surface area contributed by atoms with E-state index in [0.717, 1.165) is 11.3 Å². The Kier molecular flexibility index (Phi) is 4.82. The van der Waals surface area contributed by atoms with Crippen LogP contribution in [0, 0.1) is 0 Å². The maximum absolute atomic E-state index is 12.1. The monoisotopic (exact) mass is 340 g/mol. The normalized spacial score (nSPS) is 18.2. The van der Waals surface area contributed by atoms with E-state index in [1.807, 2.05) is 0 Å². The fourth-order valence-corrected chi connectivity index (χ4v) is 5.10. The number of hydrogen-bond acceptors (Lipinski definition) is 6. The Morgan fingerprint density at radius 3 is 2.45 bits per heavy atom. The van der Waals surface area contributed by atoms with Gasteiger partial charge < -0.3 is 4.74 Å². The van der Waals surface area contributed by atoms with Crippen molar-refractivity contribution in [2.24, 2.45) is 5.14 Å².